The zero-order valence-electron chi connectivity index (χ0n) is 19.0. The minimum atomic E-state index is -3.79. The van der Waals surface area contributed by atoms with Gasteiger partial charge in [0.15, 0.2) is 0 Å². The third-order valence-corrected chi connectivity index (χ3v) is 7.14. The Labute approximate surface area is 205 Å². The van der Waals surface area contributed by atoms with E-state index in [2.05, 4.69) is 15.6 Å². The summed E-state index contributed by atoms with van der Waals surface area (Å²) in [6, 6.07) is 28.5. The quantitative estimate of drug-likeness (QED) is 0.356. The molecule has 178 valence electrons. The standard InChI is InChI=1S/C27H26N4O3S/c32-27(29-19-24-12-7-17-28-18-24)30-25-13-15-26(16-14-25)35(33,34)31(20-22-8-3-1-4-9-22)21-23-10-5-2-6-11-23/h1-18H,19-21H2,(H2,29,30,32). The van der Waals surface area contributed by atoms with Gasteiger partial charge in [0.2, 0.25) is 10.0 Å². The van der Waals surface area contributed by atoms with Gasteiger partial charge in [-0.05, 0) is 47.0 Å². The summed E-state index contributed by atoms with van der Waals surface area (Å²) in [7, 11) is -3.79. The van der Waals surface area contributed by atoms with Crippen LogP contribution in [0.25, 0.3) is 0 Å². The molecule has 0 aliphatic rings. The molecule has 4 rings (SSSR count). The van der Waals surface area contributed by atoms with E-state index in [1.54, 1.807) is 30.6 Å². The van der Waals surface area contributed by atoms with Gasteiger partial charge >= 0.3 is 6.03 Å². The van der Waals surface area contributed by atoms with Crippen molar-refractivity contribution in [3.63, 3.8) is 0 Å². The molecule has 0 unspecified atom stereocenters. The number of carbonyl (C=O) groups is 1. The zero-order chi connectivity index (χ0) is 24.5. The smallest absolute Gasteiger partial charge is 0.319 e. The summed E-state index contributed by atoms with van der Waals surface area (Å²) in [5.41, 5.74) is 3.16. The number of nitrogens with zero attached hydrogens (tertiary/aromatic N) is 2. The Morgan fingerprint density at radius 1 is 0.743 bits per heavy atom. The van der Waals surface area contributed by atoms with E-state index in [0.29, 0.717) is 12.2 Å². The second kappa shape index (κ2) is 11.4. The average Bonchev–Trinajstić information content (AvgIpc) is 2.89. The maximum atomic E-state index is 13.6. The molecule has 0 fully saturated rings. The summed E-state index contributed by atoms with van der Waals surface area (Å²) in [4.78, 5) is 16.4. The molecule has 0 radical (unpaired) electrons. The number of hydrogen-bond acceptors (Lipinski definition) is 4. The highest BCUT2D eigenvalue weighted by atomic mass is 32.2. The number of amides is 2. The van der Waals surface area contributed by atoms with Crippen molar-refractivity contribution in [2.75, 3.05) is 5.32 Å². The predicted molar refractivity (Wildman–Crippen MR) is 136 cm³/mol. The third kappa shape index (κ3) is 6.75. The van der Waals surface area contributed by atoms with Gasteiger partial charge in [0, 0.05) is 37.7 Å². The summed E-state index contributed by atoms with van der Waals surface area (Å²) >= 11 is 0. The van der Waals surface area contributed by atoms with Gasteiger partial charge in [0.1, 0.15) is 0 Å². The first-order valence-electron chi connectivity index (χ1n) is 11.1. The number of hydrogen-bond donors (Lipinski definition) is 2. The average molecular weight is 487 g/mol. The van der Waals surface area contributed by atoms with Gasteiger partial charge in [-0.3, -0.25) is 4.98 Å². The molecular formula is C27H26N4O3S. The first-order chi connectivity index (χ1) is 17.0. The number of sulfonamides is 1. The summed E-state index contributed by atoms with van der Waals surface area (Å²) < 4.78 is 28.6. The second-order valence-electron chi connectivity index (χ2n) is 7.94. The molecule has 8 heteroatoms. The molecule has 4 aromatic rings. The summed E-state index contributed by atoms with van der Waals surface area (Å²) in [6.45, 7) is 0.823. The molecule has 0 bridgehead atoms. The first kappa shape index (κ1) is 24.1. The van der Waals surface area contributed by atoms with E-state index < -0.39 is 10.0 Å². The maximum Gasteiger partial charge on any atom is 0.319 e. The third-order valence-electron chi connectivity index (χ3n) is 5.33. The van der Waals surface area contributed by atoms with Crippen LogP contribution in [-0.4, -0.2) is 23.7 Å². The SMILES string of the molecule is O=C(NCc1cccnc1)Nc1ccc(S(=O)(=O)N(Cc2ccccc2)Cc2ccccc2)cc1. The molecule has 7 nitrogen and oxygen atoms in total. The summed E-state index contributed by atoms with van der Waals surface area (Å²) in [5, 5.41) is 5.47. The first-order valence-corrected chi connectivity index (χ1v) is 12.6. The lowest BCUT2D eigenvalue weighted by Crippen LogP contribution is -2.30. The van der Waals surface area contributed by atoms with Gasteiger partial charge in [-0.2, -0.15) is 4.31 Å². The lowest BCUT2D eigenvalue weighted by molar-refractivity contribution is 0.251. The number of anilines is 1. The van der Waals surface area contributed by atoms with Crippen LogP contribution in [0.2, 0.25) is 0 Å². The summed E-state index contributed by atoms with van der Waals surface area (Å²) in [6.07, 6.45) is 3.34. The maximum absolute atomic E-state index is 13.6. The van der Waals surface area contributed by atoms with Crippen molar-refractivity contribution < 1.29 is 13.2 Å². The van der Waals surface area contributed by atoms with Crippen LogP contribution < -0.4 is 10.6 Å². The number of aromatic nitrogens is 1. The molecule has 0 saturated heterocycles. The highest BCUT2D eigenvalue weighted by Gasteiger charge is 2.25. The molecule has 35 heavy (non-hydrogen) atoms. The monoisotopic (exact) mass is 486 g/mol. The molecule has 0 aliphatic heterocycles. The Morgan fingerprint density at radius 2 is 1.31 bits per heavy atom. The Hall–Kier alpha value is -4.01. The van der Waals surface area contributed by atoms with Crippen LogP contribution in [0.4, 0.5) is 10.5 Å². The molecular weight excluding hydrogens is 460 g/mol. The number of carbonyl (C=O) groups excluding carboxylic acids is 1. The fourth-order valence-corrected chi connectivity index (χ4v) is 4.94. The zero-order valence-corrected chi connectivity index (χ0v) is 19.9. The van der Waals surface area contributed by atoms with Crippen LogP contribution in [0.1, 0.15) is 16.7 Å². The molecule has 3 aromatic carbocycles. The highest BCUT2D eigenvalue weighted by molar-refractivity contribution is 7.89. The van der Waals surface area contributed by atoms with E-state index in [9.17, 15) is 13.2 Å². The normalized spacial score (nSPS) is 11.2. The van der Waals surface area contributed by atoms with Gasteiger partial charge in [-0.15, -0.1) is 0 Å². The van der Waals surface area contributed by atoms with Gasteiger partial charge < -0.3 is 10.6 Å². The molecule has 0 atom stereocenters. The molecule has 2 N–H and O–H groups in total. The number of benzene rings is 3. The molecule has 1 heterocycles. The largest absolute Gasteiger partial charge is 0.334 e. The fourth-order valence-electron chi connectivity index (χ4n) is 3.52. The minimum absolute atomic E-state index is 0.158. The molecule has 0 aliphatic carbocycles. The van der Waals surface area contributed by atoms with Crippen molar-refractivity contribution in [3.8, 4) is 0 Å². The number of nitrogens with one attached hydrogen (secondary N) is 2. The topological polar surface area (TPSA) is 91.4 Å². The van der Waals surface area contributed by atoms with Crippen LogP contribution in [0, 0.1) is 0 Å². The van der Waals surface area contributed by atoms with Gasteiger partial charge in [0.05, 0.1) is 4.90 Å². The van der Waals surface area contributed by atoms with Crippen molar-refractivity contribution in [1.82, 2.24) is 14.6 Å². The van der Waals surface area contributed by atoms with Gasteiger partial charge in [-0.25, -0.2) is 13.2 Å². The van der Waals surface area contributed by atoms with Crippen molar-refractivity contribution in [1.29, 1.82) is 0 Å². The fraction of sp³-hybridized carbons (Fsp3) is 0.111. The van der Waals surface area contributed by atoms with E-state index in [4.69, 9.17) is 0 Å². The number of urea groups is 1. The number of rotatable bonds is 9. The Balaban J connectivity index is 1.47. The van der Waals surface area contributed by atoms with Crippen LogP contribution in [0.3, 0.4) is 0 Å². The van der Waals surface area contributed by atoms with Gasteiger partial charge in [0.25, 0.3) is 0 Å². The van der Waals surface area contributed by atoms with E-state index >= 15 is 0 Å². The van der Waals surface area contributed by atoms with Crippen molar-refractivity contribution in [2.45, 2.75) is 24.5 Å². The van der Waals surface area contributed by atoms with Gasteiger partial charge in [-0.1, -0.05) is 66.7 Å². The summed E-state index contributed by atoms with van der Waals surface area (Å²) in [5.74, 6) is 0. The van der Waals surface area contributed by atoms with E-state index in [1.807, 2.05) is 66.7 Å². The van der Waals surface area contributed by atoms with Crippen molar-refractivity contribution in [2.24, 2.45) is 0 Å². The Bertz CT molecular complexity index is 1290. The van der Waals surface area contributed by atoms with Crippen LogP contribution >= 0.6 is 0 Å². The molecule has 0 saturated carbocycles. The Kier molecular flexibility index (Phi) is 7.87. The lowest BCUT2D eigenvalue weighted by atomic mass is 10.2. The number of pyridine rings is 1. The van der Waals surface area contributed by atoms with Crippen LogP contribution in [-0.2, 0) is 29.7 Å². The lowest BCUT2D eigenvalue weighted by Gasteiger charge is -2.23. The van der Waals surface area contributed by atoms with Crippen LogP contribution in [0.15, 0.2) is 114 Å². The highest BCUT2D eigenvalue weighted by Crippen LogP contribution is 2.23. The minimum Gasteiger partial charge on any atom is -0.334 e. The van der Waals surface area contributed by atoms with E-state index in [-0.39, 0.29) is 24.0 Å². The van der Waals surface area contributed by atoms with E-state index in [0.717, 1.165) is 16.7 Å². The second-order valence-corrected chi connectivity index (χ2v) is 9.88. The van der Waals surface area contributed by atoms with Crippen molar-refractivity contribution in [3.05, 3.63) is 126 Å². The predicted octanol–water partition coefficient (Wildman–Crippen LogP) is 4.79. The van der Waals surface area contributed by atoms with Crippen LogP contribution in [0.5, 0.6) is 0 Å². The molecule has 1 aromatic heterocycles. The Morgan fingerprint density at radius 3 is 1.86 bits per heavy atom. The van der Waals surface area contributed by atoms with E-state index in [1.165, 1.54) is 16.4 Å². The molecule has 0 spiro atoms. The molecule has 2 amide bonds. The van der Waals surface area contributed by atoms with Crippen molar-refractivity contribution >= 4 is 21.7 Å².